The van der Waals surface area contributed by atoms with Crippen molar-refractivity contribution in [3.63, 3.8) is 0 Å². The molecule has 1 aromatic rings. The number of aliphatic carboxylic acids is 1. The molecule has 0 amide bonds. The SMILES string of the molecule is CC(CCC(=O)O)C(C)C(C)c1ccc(O)cc1. The van der Waals surface area contributed by atoms with E-state index in [1.165, 1.54) is 5.56 Å². The van der Waals surface area contributed by atoms with Crippen LogP contribution in [0.5, 0.6) is 5.75 Å². The Morgan fingerprint density at radius 3 is 2.22 bits per heavy atom. The van der Waals surface area contributed by atoms with Gasteiger partial charge >= 0.3 is 5.97 Å². The van der Waals surface area contributed by atoms with Crippen LogP contribution in [-0.2, 0) is 4.79 Å². The molecule has 3 unspecified atom stereocenters. The highest BCUT2D eigenvalue weighted by Gasteiger charge is 2.21. The minimum Gasteiger partial charge on any atom is -0.508 e. The van der Waals surface area contributed by atoms with Crippen LogP contribution in [0.2, 0.25) is 0 Å². The molecular weight excluding hydrogens is 228 g/mol. The first-order chi connectivity index (χ1) is 8.41. The Morgan fingerprint density at radius 2 is 1.72 bits per heavy atom. The van der Waals surface area contributed by atoms with Crippen molar-refractivity contribution >= 4 is 5.97 Å². The highest BCUT2D eigenvalue weighted by molar-refractivity contribution is 5.66. The molecule has 0 aromatic heterocycles. The number of rotatable bonds is 6. The fourth-order valence-corrected chi connectivity index (χ4v) is 2.19. The molecule has 0 saturated heterocycles. The molecule has 3 atom stereocenters. The predicted octanol–water partition coefficient (Wildman–Crippen LogP) is 3.63. The van der Waals surface area contributed by atoms with E-state index in [9.17, 15) is 9.90 Å². The number of phenols is 1. The molecule has 2 N–H and O–H groups in total. The maximum atomic E-state index is 10.6. The minimum absolute atomic E-state index is 0.230. The van der Waals surface area contributed by atoms with Crippen molar-refractivity contribution in [2.45, 2.75) is 39.5 Å². The third-order valence-corrected chi connectivity index (χ3v) is 3.92. The fraction of sp³-hybridized carbons (Fsp3) is 0.533. The average molecular weight is 250 g/mol. The van der Waals surface area contributed by atoms with Gasteiger partial charge in [-0.15, -0.1) is 0 Å². The van der Waals surface area contributed by atoms with Gasteiger partial charge in [0.25, 0.3) is 0 Å². The largest absolute Gasteiger partial charge is 0.508 e. The summed E-state index contributed by atoms with van der Waals surface area (Å²) in [5.74, 6) is 0.678. The molecular formula is C15H22O3. The van der Waals surface area contributed by atoms with E-state index in [2.05, 4.69) is 20.8 Å². The van der Waals surface area contributed by atoms with Gasteiger partial charge in [0.1, 0.15) is 5.75 Å². The summed E-state index contributed by atoms with van der Waals surface area (Å²) in [6.07, 6.45) is 0.937. The van der Waals surface area contributed by atoms with Crippen molar-refractivity contribution in [3.8, 4) is 5.75 Å². The van der Waals surface area contributed by atoms with Crippen LogP contribution in [0.25, 0.3) is 0 Å². The number of carboxylic acids is 1. The quantitative estimate of drug-likeness (QED) is 0.810. The molecule has 0 bridgehead atoms. The summed E-state index contributed by atoms with van der Waals surface area (Å²) in [6.45, 7) is 6.41. The molecule has 18 heavy (non-hydrogen) atoms. The average Bonchev–Trinajstić information content (AvgIpc) is 2.35. The smallest absolute Gasteiger partial charge is 0.303 e. The van der Waals surface area contributed by atoms with Crippen LogP contribution in [0.4, 0.5) is 0 Å². The highest BCUT2D eigenvalue weighted by Crippen LogP contribution is 2.32. The van der Waals surface area contributed by atoms with Crippen molar-refractivity contribution in [1.29, 1.82) is 0 Å². The second-order valence-corrected chi connectivity index (χ2v) is 5.15. The number of phenolic OH excluding ortho intramolecular Hbond substituents is 1. The lowest BCUT2D eigenvalue weighted by molar-refractivity contribution is -0.137. The van der Waals surface area contributed by atoms with Crippen LogP contribution < -0.4 is 0 Å². The van der Waals surface area contributed by atoms with Crippen LogP contribution in [0.15, 0.2) is 24.3 Å². The summed E-state index contributed by atoms with van der Waals surface area (Å²) < 4.78 is 0. The number of hydrogen-bond donors (Lipinski definition) is 2. The van der Waals surface area contributed by atoms with E-state index >= 15 is 0 Å². The minimum atomic E-state index is -0.730. The zero-order valence-corrected chi connectivity index (χ0v) is 11.3. The van der Waals surface area contributed by atoms with Gasteiger partial charge in [-0.25, -0.2) is 0 Å². The Balaban J connectivity index is 2.62. The maximum Gasteiger partial charge on any atom is 0.303 e. The second-order valence-electron chi connectivity index (χ2n) is 5.15. The van der Waals surface area contributed by atoms with Gasteiger partial charge in [-0.05, 0) is 41.9 Å². The molecule has 3 heteroatoms. The lowest BCUT2D eigenvalue weighted by Crippen LogP contribution is -2.16. The standard InChI is InChI=1S/C15H22O3/c1-10(4-9-15(17)18)11(2)12(3)13-5-7-14(16)8-6-13/h5-8,10-12,16H,4,9H2,1-3H3,(H,17,18). The number of carboxylic acid groups (broad SMARTS) is 1. The zero-order valence-electron chi connectivity index (χ0n) is 11.3. The highest BCUT2D eigenvalue weighted by atomic mass is 16.4. The van der Waals surface area contributed by atoms with E-state index < -0.39 is 5.97 Å². The molecule has 0 aliphatic heterocycles. The fourth-order valence-electron chi connectivity index (χ4n) is 2.19. The lowest BCUT2D eigenvalue weighted by atomic mass is 9.79. The third kappa shape index (κ3) is 4.06. The summed E-state index contributed by atoms with van der Waals surface area (Å²) in [6, 6.07) is 7.25. The van der Waals surface area contributed by atoms with E-state index in [1.807, 2.05) is 12.1 Å². The van der Waals surface area contributed by atoms with E-state index in [-0.39, 0.29) is 12.2 Å². The topological polar surface area (TPSA) is 57.5 Å². The monoisotopic (exact) mass is 250 g/mol. The van der Waals surface area contributed by atoms with Gasteiger partial charge in [-0.3, -0.25) is 4.79 Å². The molecule has 0 heterocycles. The summed E-state index contributed by atoms with van der Waals surface area (Å²) in [5.41, 5.74) is 1.18. The van der Waals surface area contributed by atoms with Crippen LogP contribution in [0, 0.1) is 11.8 Å². The van der Waals surface area contributed by atoms with Gasteiger partial charge in [-0.2, -0.15) is 0 Å². The van der Waals surface area contributed by atoms with E-state index in [0.29, 0.717) is 24.2 Å². The van der Waals surface area contributed by atoms with Gasteiger partial charge in [-0.1, -0.05) is 32.9 Å². The summed E-state index contributed by atoms with van der Waals surface area (Å²) >= 11 is 0. The summed E-state index contributed by atoms with van der Waals surface area (Å²) in [7, 11) is 0. The Bertz CT molecular complexity index is 383. The normalized spacial score (nSPS) is 15.9. The van der Waals surface area contributed by atoms with Crippen LogP contribution >= 0.6 is 0 Å². The second kappa shape index (κ2) is 6.43. The summed E-state index contributed by atoms with van der Waals surface area (Å²) in [5, 5.41) is 18.0. The molecule has 0 spiro atoms. The van der Waals surface area contributed by atoms with Gasteiger partial charge in [0.2, 0.25) is 0 Å². The molecule has 0 saturated carbocycles. The Morgan fingerprint density at radius 1 is 1.17 bits per heavy atom. The Labute approximate surface area is 108 Å². The first kappa shape index (κ1) is 14.6. The van der Waals surface area contributed by atoms with Crippen molar-refractivity contribution in [2.24, 2.45) is 11.8 Å². The molecule has 100 valence electrons. The van der Waals surface area contributed by atoms with Gasteiger partial charge < -0.3 is 10.2 Å². The van der Waals surface area contributed by atoms with E-state index in [0.717, 1.165) is 0 Å². The van der Waals surface area contributed by atoms with Crippen molar-refractivity contribution in [2.75, 3.05) is 0 Å². The van der Waals surface area contributed by atoms with Gasteiger partial charge in [0.15, 0.2) is 0 Å². The van der Waals surface area contributed by atoms with Gasteiger partial charge in [0, 0.05) is 6.42 Å². The predicted molar refractivity (Wildman–Crippen MR) is 71.7 cm³/mol. The summed E-state index contributed by atoms with van der Waals surface area (Å²) in [4.78, 5) is 10.6. The number of benzene rings is 1. The first-order valence-corrected chi connectivity index (χ1v) is 6.42. The lowest BCUT2D eigenvalue weighted by Gasteiger charge is -2.26. The van der Waals surface area contributed by atoms with E-state index in [1.54, 1.807) is 12.1 Å². The molecule has 0 fully saturated rings. The number of aromatic hydroxyl groups is 1. The Hall–Kier alpha value is -1.51. The van der Waals surface area contributed by atoms with Crippen LogP contribution in [0.3, 0.4) is 0 Å². The molecule has 0 aliphatic rings. The van der Waals surface area contributed by atoms with Crippen LogP contribution in [-0.4, -0.2) is 16.2 Å². The zero-order chi connectivity index (χ0) is 13.7. The first-order valence-electron chi connectivity index (χ1n) is 6.42. The van der Waals surface area contributed by atoms with Crippen molar-refractivity contribution in [1.82, 2.24) is 0 Å². The molecule has 0 aliphatic carbocycles. The number of hydrogen-bond acceptors (Lipinski definition) is 2. The molecule has 1 rings (SSSR count). The molecule has 1 aromatic carbocycles. The Kier molecular flexibility index (Phi) is 5.20. The van der Waals surface area contributed by atoms with Crippen molar-refractivity contribution < 1.29 is 15.0 Å². The maximum absolute atomic E-state index is 10.6. The van der Waals surface area contributed by atoms with Gasteiger partial charge in [0.05, 0.1) is 0 Å². The van der Waals surface area contributed by atoms with E-state index in [4.69, 9.17) is 5.11 Å². The van der Waals surface area contributed by atoms with Crippen LogP contribution in [0.1, 0.15) is 45.1 Å². The van der Waals surface area contributed by atoms with Crippen molar-refractivity contribution in [3.05, 3.63) is 29.8 Å². The third-order valence-electron chi connectivity index (χ3n) is 3.92. The molecule has 3 nitrogen and oxygen atoms in total. The molecule has 0 radical (unpaired) electrons. The number of carbonyl (C=O) groups is 1.